The Kier molecular flexibility index (Phi) is 20.1. The van der Waals surface area contributed by atoms with Crippen molar-refractivity contribution in [2.75, 3.05) is 0 Å². The fourth-order valence-corrected chi connectivity index (χ4v) is 0. The van der Waals surface area contributed by atoms with Crippen molar-refractivity contribution in [1.29, 1.82) is 0 Å². The Morgan fingerprint density at radius 2 is 1.25 bits per heavy atom. The molecule has 0 aromatic rings. The second-order valence-electron chi connectivity index (χ2n) is 0.136. The first-order chi connectivity index (χ1) is 1.41. The van der Waals surface area contributed by atoms with E-state index >= 15 is 0 Å². The molecule has 21 valence electrons. The van der Waals surface area contributed by atoms with E-state index in [1.54, 1.807) is 0 Å². The van der Waals surface area contributed by atoms with Gasteiger partial charge in [-0.25, -0.2) is 0 Å². The Morgan fingerprint density at radius 3 is 1.25 bits per heavy atom. The molecule has 0 saturated heterocycles. The van der Waals surface area contributed by atoms with Crippen molar-refractivity contribution in [3.63, 3.8) is 0 Å². The Labute approximate surface area is 59.4 Å². The van der Waals surface area contributed by atoms with Crippen LogP contribution >= 0.6 is 0 Å². The van der Waals surface area contributed by atoms with E-state index in [1.807, 2.05) is 0 Å². The predicted molar refractivity (Wildman–Crippen MR) is 12.1 cm³/mol. The van der Waals surface area contributed by atoms with Gasteiger partial charge in [-0.3, -0.25) is 0 Å². The van der Waals surface area contributed by atoms with Crippen molar-refractivity contribution in [3.8, 4) is 0 Å². The summed E-state index contributed by atoms with van der Waals surface area (Å²) in [5.74, 6) is 0. The molecule has 0 nitrogen and oxygen atoms in total. The summed E-state index contributed by atoms with van der Waals surface area (Å²) in [6, 6.07) is 0. The van der Waals surface area contributed by atoms with Crippen LogP contribution in [0.2, 0.25) is 0 Å². The molecule has 0 aliphatic carbocycles. The molecule has 0 N–H and O–H groups in total. The first-order valence-corrected chi connectivity index (χ1v) is 3.86. The molecule has 0 bridgehead atoms. The Morgan fingerprint density at radius 1 is 1.25 bits per heavy atom. The maximum absolute atomic E-state index is 4.79. The van der Waals surface area contributed by atoms with E-state index in [1.165, 1.54) is 0 Å². The van der Waals surface area contributed by atoms with Crippen molar-refractivity contribution in [2.45, 2.75) is 0 Å². The third-order valence-corrected chi connectivity index (χ3v) is 0. The van der Waals surface area contributed by atoms with Crippen LogP contribution in [0, 0.1) is 0 Å². The molecular weight excluding hydrogens is 297 g/mol. The molecule has 0 amide bonds. The zero-order valence-corrected chi connectivity index (χ0v) is 7.91. The summed E-state index contributed by atoms with van der Waals surface area (Å²) in [6.45, 7) is 0. The van der Waals surface area contributed by atoms with E-state index < -0.39 is 17.6 Å². The largest absolute Gasteiger partial charge is 0 e. The van der Waals surface area contributed by atoms with E-state index in [-0.39, 0.29) is 32.7 Å². The minimum Gasteiger partial charge on any atom is 0 e. The van der Waals surface area contributed by atoms with Gasteiger partial charge in [0.1, 0.15) is 0 Å². The van der Waals surface area contributed by atoms with Gasteiger partial charge in [-0.2, -0.15) is 0 Å². The summed E-state index contributed by atoms with van der Waals surface area (Å²) in [6.07, 6.45) is 0. The Balaban J connectivity index is 0. The molecule has 1 radical (unpaired) electrons. The summed E-state index contributed by atoms with van der Waals surface area (Å²) in [7, 11) is 0. The van der Waals surface area contributed by atoms with Gasteiger partial charge in [-0.15, -0.1) is 0 Å². The normalized spacial score (nSPS) is 3.00. The zero-order chi connectivity index (χ0) is 2.71. The number of hydrogen-bond acceptors (Lipinski definition) is 0. The van der Waals surface area contributed by atoms with Gasteiger partial charge in [0, 0.05) is 32.7 Å². The van der Waals surface area contributed by atoms with Crippen LogP contribution in [0.4, 0.5) is 0 Å². The molecular formula is C2H2WY-2. The average Bonchev–Trinajstić information content (AvgIpc) is 0.918. The van der Waals surface area contributed by atoms with E-state index in [4.69, 9.17) is 9.81 Å². The molecule has 0 rings (SSSR count). The molecule has 0 aromatic carbocycles. The topological polar surface area (TPSA) is 0 Å². The molecule has 2 heteroatoms. The monoisotopic (exact) mass is 299 g/mol. The van der Waals surface area contributed by atoms with Crippen LogP contribution in [-0.2, 0) is 50.4 Å². The molecule has 0 fully saturated rings. The fraction of sp³-hybridized carbons (Fsp3) is 0. The molecule has 4 heavy (non-hydrogen) atoms. The van der Waals surface area contributed by atoms with Gasteiger partial charge >= 0.3 is 27.4 Å². The second-order valence-corrected chi connectivity index (χ2v) is 1.11. The van der Waals surface area contributed by atoms with E-state index in [2.05, 4.69) is 0 Å². The van der Waals surface area contributed by atoms with Crippen LogP contribution in [0.15, 0.2) is 0 Å². The van der Waals surface area contributed by atoms with Crippen LogP contribution in [-0.4, -0.2) is 9.81 Å². The van der Waals surface area contributed by atoms with Crippen LogP contribution in [0.25, 0.3) is 0 Å². The summed E-state index contributed by atoms with van der Waals surface area (Å²) in [4.78, 5) is 9.58. The Hall–Kier alpha value is 1.53. The van der Waals surface area contributed by atoms with Gasteiger partial charge < -0.3 is 0 Å². The van der Waals surface area contributed by atoms with Gasteiger partial charge in [0.2, 0.25) is 0 Å². The summed E-state index contributed by atoms with van der Waals surface area (Å²) in [5, 5.41) is 0. The molecule has 0 aliphatic heterocycles. The van der Waals surface area contributed by atoms with Crippen LogP contribution in [0.1, 0.15) is 0 Å². The quantitative estimate of drug-likeness (QED) is 0.538. The van der Waals surface area contributed by atoms with Crippen molar-refractivity contribution in [3.05, 3.63) is 0 Å². The van der Waals surface area contributed by atoms with Crippen LogP contribution in [0.3, 0.4) is 0 Å². The van der Waals surface area contributed by atoms with E-state index in [0.717, 1.165) is 0 Å². The minimum atomic E-state index is -0.750. The van der Waals surface area contributed by atoms with Crippen LogP contribution < -0.4 is 0 Å². The smallest absolute Gasteiger partial charge is 0 e. The third kappa shape index (κ3) is 9.65. The van der Waals surface area contributed by atoms with Gasteiger partial charge in [-0.1, -0.05) is 0 Å². The van der Waals surface area contributed by atoms with Gasteiger partial charge in [0.15, 0.2) is 0 Å². The number of hydrogen-bond donors (Lipinski definition) is 0. The predicted octanol–water partition coefficient (Wildman–Crippen LogP) is -0.316. The Bertz CT molecular complexity index is 27.0. The van der Waals surface area contributed by atoms with Gasteiger partial charge in [-0.05, 0) is 0 Å². The molecule has 0 heterocycles. The fourth-order valence-electron chi connectivity index (χ4n) is 0. The van der Waals surface area contributed by atoms with E-state index in [0.29, 0.717) is 0 Å². The van der Waals surface area contributed by atoms with E-state index in [9.17, 15) is 0 Å². The number of rotatable bonds is 0. The first kappa shape index (κ1) is 9.11. The van der Waals surface area contributed by atoms with Crippen molar-refractivity contribution in [2.24, 2.45) is 0 Å². The summed E-state index contributed by atoms with van der Waals surface area (Å²) >= 11 is -0.750. The molecule has 0 saturated carbocycles. The molecule has 0 atom stereocenters. The van der Waals surface area contributed by atoms with Gasteiger partial charge in [0.25, 0.3) is 0 Å². The summed E-state index contributed by atoms with van der Waals surface area (Å²) in [5.41, 5.74) is 0. The van der Waals surface area contributed by atoms with Gasteiger partial charge in [0.05, 0.1) is 0 Å². The van der Waals surface area contributed by atoms with Crippen molar-refractivity contribution < 1.29 is 50.4 Å². The second kappa shape index (κ2) is 8.82. The van der Waals surface area contributed by atoms with Crippen molar-refractivity contribution >= 4 is 9.81 Å². The SMILES string of the molecule is [CH-]=[W]=[CH-].[Y]. The molecule has 0 spiro atoms. The molecule has 0 unspecified atom stereocenters. The maximum atomic E-state index is 4.79. The van der Waals surface area contributed by atoms with Crippen LogP contribution in [0.5, 0.6) is 0 Å². The van der Waals surface area contributed by atoms with Crippen molar-refractivity contribution in [1.82, 2.24) is 0 Å². The third-order valence-electron chi connectivity index (χ3n) is 0. The first-order valence-electron chi connectivity index (χ1n) is 0.471. The molecule has 0 aromatic heterocycles. The molecule has 0 aliphatic rings. The average molecular weight is 299 g/mol. The zero-order valence-electron chi connectivity index (χ0n) is 2.14. The summed E-state index contributed by atoms with van der Waals surface area (Å²) < 4.78 is 0. The maximum Gasteiger partial charge on any atom is 0 e. The standard InChI is InChI=1S/2CH.W.Y/h2*1H;;/q2*-1;;. The minimum absolute atomic E-state index is 0.